The van der Waals surface area contributed by atoms with Crippen LogP contribution < -0.4 is 9.64 Å². The van der Waals surface area contributed by atoms with E-state index in [1.54, 1.807) is 25.0 Å². The number of ketones is 1. The summed E-state index contributed by atoms with van der Waals surface area (Å²) in [5.41, 5.74) is 3.54. The summed E-state index contributed by atoms with van der Waals surface area (Å²) in [4.78, 5) is 39.0. The highest BCUT2D eigenvalue weighted by molar-refractivity contribution is 5.98. The summed E-state index contributed by atoms with van der Waals surface area (Å²) in [5.74, 6) is 0.811. The molecule has 2 aromatic rings. The van der Waals surface area contributed by atoms with Crippen LogP contribution in [-0.2, 0) is 17.6 Å². The molecule has 1 N–H and O–H groups in total. The number of ether oxygens (including phenoxy) is 1. The molecular formula is C25H30N2O5. The maximum absolute atomic E-state index is 12.6. The molecule has 2 aromatic carbocycles. The Bertz CT molecular complexity index is 988. The van der Waals surface area contributed by atoms with Gasteiger partial charge in [0.2, 0.25) is 5.91 Å². The number of hydrogen-bond acceptors (Lipinski definition) is 4. The fourth-order valence-corrected chi connectivity index (χ4v) is 4.10. The number of carbonyl (C=O) groups is 3. The largest absolute Gasteiger partial charge is 0.496 e. The Labute approximate surface area is 188 Å². The third-order valence-corrected chi connectivity index (χ3v) is 5.87. The van der Waals surface area contributed by atoms with Gasteiger partial charge in [-0.15, -0.1) is 0 Å². The van der Waals surface area contributed by atoms with Gasteiger partial charge < -0.3 is 19.6 Å². The standard InChI is InChI=1S/C25H30N2O5/c1-18(28)27-16-13-20-17-21(10-11-22(20)27)23(29)8-5-6-14-26(25(30)31)15-12-19-7-3-4-9-24(19)32-2/h3-4,7,9-11,17H,5-6,8,12-16H2,1-2H3,(H,30,31). The number of unbranched alkanes of at least 4 members (excludes halogenated alkanes) is 1. The fourth-order valence-electron chi connectivity index (χ4n) is 4.10. The average molecular weight is 439 g/mol. The van der Waals surface area contributed by atoms with Crippen LogP contribution in [-0.4, -0.2) is 54.5 Å². The minimum Gasteiger partial charge on any atom is -0.496 e. The quantitative estimate of drug-likeness (QED) is 0.444. The molecule has 0 saturated carbocycles. The Morgan fingerprint density at radius 2 is 1.88 bits per heavy atom. The predicted octanol–water partition coefficient (Wildman–Crippen LogP) is 4.18. The summed E-state index contributed by atoms with van der Waals surface area (Å²) in [7, 11) is 1.60. The lowest BCUT2D eigenvalue weighted by molar-refractivity contribution is -0.116. The van der Waals surface area contributed by atoms with Crippen molar-refractivity contribution in [1.82, 2.24) is 4.90 Å². The summed E-state index contributed by atoms with van der Waals surface area (Å²) in [6.45, 7) is 2.96. The zero-order valence-electron chi connectivity index (χ0n) is 18.7. The molecule has 32 heavy (non-hydrogen) atoms. The first-order chi connectivity index (χ1) is 15.4. The summed E-state index contributed by atoms with van der Waals surface area (Å²) >= 11 is 0. The van der Waals surface area contributed by atoms with E-state index in [9.17, 15) is 19.5 Å². The van der Waals surface area contributed by atoms with E-state index in [0.717, 1.165) is 29.0 Å². The maximum Gasteiger partial charge on any atom is 0.407 e. The molecule has 1 heterocycles. The first kappa shape index (κ1) is 23.3. The van der Waals surface area contributed by atoms with Gasteiger partial charge in [-0.2, -0.15) is 0 Å². The Morgan fingerprint density at radius 3 is 2.59 bits per heavy atom. The van der Waals surface area contributed by atoms with Gasteiger partial charge in [0.1, 0.15) is 5.75 Å². The Balaban J connectivity index is 1.47. The van der Waals surface area contributed by atoms with Crippen molar-refractivity contribution in [3.05, 3.63) is 59.2 Å². The summed E-state index contributed by atoms with van der Waals surface area (Å²) in [5, 5.41) is 9.51. The Kier molecular flexibility index (Phi) is 7.87. The lowest BCUT2D eigenvalue weighted by Gasteiger charge is -2.19. The van der Waals surface area contributed by atoms with Crippen LogP contribution in [0.1, 0.15) is 47.7 Å². The van der Waals surface area contributed by atoms with Gasteiger partial charge in [-0.05, 0) is 61.1 Å². The fraction of sp³-hybridized carbons (Fsp3) is 0.400. The van der Waals surface area contributed by atoms with E-state index in [-0.39, 0.29) is 11.7 Å². The van der Waals surface area contributed by atoms with Gasteiger partial charge in [-0.1, -0.05) is 18.2 Å². The lowest BCUT2D eigenvalue weighted by atomic mass is 10.0. The number of carbonyl (C=O) groups excluding carboxylic acids is 2. The van der Waals surface area contributed by atoms with Crippen molar-refractivity contribution < 1.29 is 24.2 Å². The number of para-hydroxylation sites is 1. The molecule has 0 radical (unpaired) electrons. The first-order valence-electron chi connectivity index (χ1n) is 10.9. The summed E-state index contributed by atoms with van der Waals surface area (Å²) < 4.78 is 5.33. The van der Waals surface area contributed by atoms with Crippen molar-refractivity contribution >= 4 is 23.5 Å². The molecule has 3 rings (SSSR count). The van der Waals surface area contributed by atoms with E-state index < -0.39 is 6.09 Å². The highest BCUT2D eigenvalue weighted by atomic mass is 16.5. The third-order valence-electron chi connectivity index (χ3n) is 5.87. The second kappa shape index (κ2) is 10.8. The number of anilines is 1. The molecule has 0 atom stereocenters. The molecule has 0 saturated heterocycles. The molecular weight excluding hydrogens is 408 g/mol. The van der Waals surface area contributed by atoms with E-state index in [1.165, 1.54) is 4.90 Å². The molecule has 1 aliphatic rings. The van der Waals surface area contributed by atoms with Crippen LogP contribution in [0.15, 0.2) is 42.5 Å². The van der Waals surface area contributed by atoms with Gasteiger partial charge >= 0.3 is 6.09 Å². The minimum atomic E-state index is -0.958. The smallest absolute Gasteiger partial charge is 0.407 e. The number of carboxylic acid groups (broad SMARTS) is 1. The molecule has 7 nitrogen and oxygen atoms in total. The topological polar surface area (TPSA) is 87.2 Å². The van der Waals surface area contributed by atoms with Crippen molar-refractivity contribution in [3.63, 3.8) is 0 Å². The van der Waals surface area contributed by atoms with Gasteiger partial charge in [0.25, 0.3) is 0 Å². The third kappa shape index (κ3) is 5.66. The van der Waals surface area contributed by atoms with Crippen LogP contribution in [0.3, 0.4) is 0 Å². The normalized spacial score (nSPS) is 12.4. The van der Waals surface area contributed by atoms with Crippen LogP contribution in [0.2, 0.25) is 0 Å². The van der Waals surface area contributed by atoms with Gasteiger partial charge in [-0.3, -0.25) is 9.59 Å². The molecule has 0 unspecified atom stereocenters. The van der Waals surface area contributed by atoms with Crippen molar-refractivity contribution in [2.75, 3.05) is 31.6 Å². The number of nitrogens with zero attached hydrogens (tertiary/aromatic N) is 2. The van der Waals surface area contributed by atoms with E-state index in [1.807, 2.05) is 36.4 Å². The Morgan fingerprint density at radius 1 is 1.09 bits per heavy atom. The van der Waals surface area contributed by atoms with Gasteiger partial charge in [0.15, 0.2) is 5.78 Å². The number of fused-ring (bicyclic) bond motifs is 1. The predicted molar refractivity (Wildman–Crippen MR) is 123 cm³/mol. The van der Waals surface area contributed by atoms with Crippen LogP contribution in [0.4, 0.5) is 10.5 Å². The SMILES string of the molecule is COc1ccccc1CCN(CCCCC(=O)c1ccc2c(c1)CCN2C(C)=O)C(=O)O. The number of Topliss-reactive ketones (excluding diaryl/α,β-unsaturated/α-hetero) is 1. The summed E-state index contributed by atoms with van der Waals surface area (Å²) in [6, 6.07) is 13.1. The van der Waals surface area contributed by atoms with E-state index in [2.05, 4.69) is 0 Å². The second-order valence-electron chi connectivity index (χ2n) is 7.98. The molecule has 0 spiro atoms. The van der Waals surface area contributed by atoms with E-state index in [4.69, 9.17) is 4.74 Å². The molecule has 1 aliphatic heterocycles. The van der Waals surface area contributed by atoms with E-state index in [0.29, 0.717) is 50.9 Å². The highest BCUT2D eigenvalue weighted by Crippen LogP contribution is 2.29. The van der Waals surface area contributed by atoms with Crippen molar-refractivity contribution in [1.29, 1.82) is 0 Å². The van der Waals surface area contributed by atoms with Crippen LogP contribution >= 0.6 is 0 Å². The molecule has 0 fully saturated rings. The zero-order valence-corrected chi connectivity index (χ0v) is 18.7. The minimum absolute atomic E-state index is 0.0107. The molecule has 7 heteroatoms. The van der Waals surface area contributed by atoms with Gasteiger partial charge in [0, 0.05) is 44.2 Å². The lowest BCUT2D eigenvalue weighted by Crippen LogP contribution is -2.32. The monoisotopic (exact) mass is 438 g/mol. The van der Waals surface area contributed by atoms with Crippen LogP contribution in [0.5, 0.6) is 5.75 Å². The van der Waals surface area contributed by atoms with Gasteiger partial charge in [0.05, 0.1) is 7.11 Å². The maximum atomic E-state index is 12.6. The number of rotatable bonds is 10. The Hall–Kier alpha value is -3.35. The van der Waals surface area contributed by atoms with Gasteiger partial charge in [-0.25, -0.2) is 4.79 Å². The number of hydrogen-bond donors (Lipinski definition) is 1. The highest BCUT2D eigenvalue weighted by Gasteiger charge is 2.23. The molecule has 0 bridgehead atoms. The molecule has 0 aromatic heterocycles. The second-order valence-corrected chi connectivity index (χ2v) is 7.98. The molecule has 170 valence electrons. The molecule has 2 amide bonds. The first-order valence-corrected chi connectivity index (χ1v) is 10.9. The zero-order chi connectivity index (χ0) is 23.1. The average Bonchev–Trinajstić information content (AvgIpc) is 3.22. The number of benzene rings is 2. The molecule has 0 aliphatic carbocycles. The van der Waals surface area contributed by atoms with Crippen molar-refractivity contribution in [2.24, 2.45) is 0 Å². The van der Waals surface area contributed by atoms with E-state index >= 15 is 0 Å². The van der Waals surface area contributed by atoms with Crippen molar-refractivity contribution in [2.45, 2.75) is 39.0 Å². The number of methoxy groups -OCH3 is 1. The summed E-state index contributed by atoms with van der Waals surface area (Å²) in [6.07, 6.45) is 1.98. The number of amides is 2. The van der Waals surface area contributed by atoms with Crippen LogP contribution in [0, 0.1) is 0 Å². The van der Waals surface area contributed by atoms with Crippen molar-refractivity contribution in [3.8, 4) is 5.75 Å². The van der Waals surface area contributed by atoms with Crippen LogP contribution in [0.25, 0.3) is 0 Å².